The third kappa shape index (κ3) is 5.77. The number of methoxy groups -OCH3 is 1. The molecule has 2 N–H and O–H groups in total. The maximum absolute atomic E-state index is 12.1. The van der Waals surface area contributed by atoms with Crippen molar-refractivity contribution in [2.24, 2.45) is 0 Å². The first-order chi connectivity index (χ1) is 14.6. The van der Waals surface area contributed by atoms with Crippen LogP contribution in [0.25, 0.3) is 0 Å². The van der Waals surface area contributed by atoms with Crippen LogP contribution in [-0.4, -0.2) is 72.2 Å². The molecule has 2 heterocycles. The van der Waals surface area contributed by atoms with Crippen molar-refractivity contribution >= 4 is 23.4 Å². The molecule has 11 nitrogen and oxygen atoms in total. The van der Waals surface area contributed by atoms with Crippen LogP contribution in [0.2, 0.25) is 0 Å². The van der Waals surface area contributed by atoms with Crippen LogP contribution >= 0.6 is 0 Å². The molecule has 0 spiro atoms. The Bertz CT molecular complexity index is 857. The number of hydrogen-bond donors (Lipinski definition) is 2. The highest BCUT2D eigenvalue weighted by atomic mass is 16.6. The molecule has 0 bridgehead atoms. The van der Waals surface area contributed by atoms with Crippen LogP contribution in [0.1, 0.15) is 6.42 Å². The molecule has 1 aliphatic heterocycles. The molecule has 2 amide bonds. The molecule has 1 aromatic heterocycles. The van der Waals surface area contributed by atoms with Crippen molar-refractivity contribution in [1.29, 1.82) is 0 Å². The number of piperazine rings is 1. The highest BCUT2D eigenvalue weighted by Gasteiger charge is 2.18. The summed E-state index contributed by atoms with van der Waals surface area (Å²) in [6.07, 6.45) is 4.28. The number of anilines is 2. The standard InChI is InChI=1S/C19H25N7O4/c1-30-17-5-4-15(26(28)29)14-16(17)23-19(27)22-8-3-9-24-10-12-25(13-11-24)18-20-6-2-7-21-18/h2,4-7,14H,3,8-13H2,1H3,(H2,22,23,27). The fourth-order valence-corrected chi connectivity index (χ4v) is 3.20. The minimum absolute atomic E-state index is 0.119. The largest absolute Gasteiger partial charge is 0.495 e. The first-order valence-electron chi connectivity index (χ1n) is 9.68. The van der Waals surface area contributed by atoms with Gasteiger partial charge in [0.05, 0.1) is 17.7 Å². The van der Waals surface area contributed by atoms with Gasteiger partial charge in [0.15, 0.2) is 0 Å². The van der Waals surface area contributed by atoms with Gasteiger partial charge in [-0.2, -0.15) is 0 Å². The Balaban J connectivity index is 1.38. The second-order valence-electron chi connectivity index (χ2n) is 6.75. The van der Waals surface area contributed by atoms with Gasteiger partial charge >= 0.3 is 6.03 Å². The van der Waals surface area contributed by atoms with E-state index in [1.54, 1.807) is 18.5 Å². The van der Waals surface area contributed by atoms with E-state index in [1.807, 2.05) is 0 Å². The van der Waals surface area contributed by atoms with E-state index >= 15 is 0 Å². The van der Waals surface area contributed by atoms with Crippen molar-refractivity contribution < 1.29 is 14.5 Å². The maximum atomic E-state index is 12.1. The van der Waals surface area contributed by atoms with Gasteiger partial charge < -0.3 is 20.3 Å². The highest BCUT2D eigenvalue weighted by molar-refractivity contribution is 5.91. The van der Waals surface area contributed by atoms with Gasteiger partial charge in [-0.1, -0.05) is 0 Å². The van der Waals surface area contributed by atoms with Gasteiger partial charge in [-0.3, -0.25) is 15.0 Å². The molecule has 1 aliphatic rings. The van der Waals surface area contributed by atoms with E-state index < -0.39 is 11.0 Å². The third-order valence-electron chi connectivity index (χ3n) is 4.79. The fourth-order valence-electron chi connectivity index (χ4n) is 3.20. The Kier molecular flexibility index (Phi) is 7.33. The SMILES string of the molecule is COc1ccc([N+](=O)[O-])cc1NC(=O)NCCCN1CCN(c2ncccn2)CC1. The number of amides is 2. The molecule has 0 radical (unpaired) electrons. The number of nitro groups is 1. The number of carbonyl (C=O) groups excluding carboxylic acids is 1. The quantitative estimate of drug-likeness (QED) is 0.379. The van der Waals surface area contributed by atoms with Crippen LogP contribution < -0.4 is 20.3 Å². The molecule has 0 saturated carbocycles. The summed E-state index contributed by atoms with van der Waals surface area (Å²) in [6, 6.07) is 5.42. The molecule has 0 atom stereocenters. The average Bonchev–Trinajstić information content (AvgIpc) is 2.77. The van der Waals surface area contributed by atoms with Gasteiger partial charge in [-0.05, 0) is 25.1 Å². The van der Waals surface area contributed by atoms with Gasteiger partial charge in [0.25, 0.3) is 5.69 Å². The Hall–Kier alpha value is -3.47. The molecule has 160 valence electrons. The summed E-state index contributed by atoms with van der Waals surface area (Å²) in [5.41, 5.74) is 0.134. The summed E-state index contributed by atoms with van der Waals surface area (Å²) in [5, 5.41) is 16.3. The number of hydrogen-bond acceptors (Lipinski definition) is 8. The predicted molar refractivity (Wildman–Crippen MR) is 112 cm³/mol. The number of aromatic nitrogens is 2. The van der Waals surface area contributed by atoms with Crippen LogP contribution in [0.15, 0.2) is 36.7 Å². The molecule has 2 aromatic rings. The van der Waals surface area contributed by atoms with E-state index in [4.69, 9.17) is 4.74 Å². The van der Waals surface area contributed by atoms with Crippen molar-refractivity contribution in [3.05, 3.63) is 46.8 Å². The molecular weight excluding hydrogens is 390 g/mol. The summed E-state index contributed by atoms with van der Waals surface area (Å²) in [6.45, 7) is 4.91. The van der Waals surface area contributed by atoms with Crippen LogP contribution in [0.4, 0.5) is 22.1 Å². The van der Waals surface area contributed by atoms with E-state index in [9.17, 15) is 14.9 Å². The Labute approximate surface area is 174 Å². The molecule has 0 aliphatic carbocycles. The lowest BCUT2D eigenvalue weighted by Crippen LogP contribution is -2.47. The van der Waals surface area contributed by atoms with Crippen molar-refractivity contribution in [3.63, 3.8) is 0 Å². The van der Waals surface area contributed by atoms with Crippen molar-refractivity contribution in [3.8, 4) is 5.75 Å². The van der Waals surface area contributed by atoms with Gasteiger partial charge in [0.2, 0.25) is 5.95 Å². The van der Waals surface area contributed by atoms with Crippen LogP contribution in [0.3, 0.4) is 0 Å². The average molecular weight is 415 g/mol. The number of non-ortho nitro benzene ring substituents is 1. The van der Waals surface area contributed by atoms with Crippen LogP contribution in [-0.2, 0) is 0 Å². The Morgan fingerprint density at radius 2 is 1.97 bits per heavy atom. The smallest absolute Gasteiger partial charge is 0.319 e. The molecule has 0 unspecified atom stereocenters. The fraction of sp³-hybridized carbons (Fsp3) is 0.421. The molecule has 1 aromatic carbocycles. The number of nitrogens with one attached hydrogen (secondary N) is 2. The molecule has 1 saturated heterocycles. The molecule has 1 fully saturated rings. The molecule has 3 rings (SSSR count). The normalized spacial score (nSPS) is 14.2. The Morgan fingerprint density at radius 1 is 1.23 bits per heavy atom. The topological polar surface area (TPSA) is 126 Å². The van der Waals surface area contributed by atoms with E-state index in [0.717, 1.165) is 45.1 Å². The number of urea groups is 1. The number of rotatable bonds is 8. The molecule has 11 heteroatoms. The van der Waals surface area contributed by atoms with Crippen molar-refractivity contribution in [2.45, 2.75) is 6.42 Å². The predicted octanol–water partition coefficient (Wildman–Crippen LogP) is 1.73. The number of benzene rings is 1. The Morgan fingerprint density at radius 3 is 2.63 bits per heavy atom. The number of ether oxygens (including phenoxy) is 1. The van der Waals surface area contributed by atoms with Gasteiger partial charge in [-0.25, -0.2) is 14.8 Å². The monoisotopic (exact) mass is 415 g/mol. The number of nitrogens with zero attached hydrogens (tertiary/aromatic N) is 5. The lowest BCUT2D eigenvalue weighted by molar-refractivity contribution is -0.384. The minimum Gasteiger partial charge on any atom is -0.495 e. The molecular formula is C19H25N7O4. The lowest BCUT2D eigenvalue weighted by atomic mass is 10.2. The zero-order valence-corrected chi connectivity index (χ0v) is 16.8. The minimum atomic E-state index is -0.522. The van der Waals surface area contributed by atoms with Gasteiger partial charge in [-0.15, -0.1) is 0 Å². The van der Waals surface area contributed by atoms with Gasteiger partial charge in [0, 0.05) is 57.3 Å². The zero-order chi connectivity index (χ0) is 21.3. The van der Waals surface area contributed by atoms with E-state index in [2.05, 4.69) is 30.4 Å². The van der Waals surface area contributed by atoms with Crippen molar-refractivity contribution in [2.75, 3.05) is 56.6 Å². The van der Waals surface area contributed by atoms with E-state index in [1.165, 1.54) is 25.3 Å². The lowest BCUT2D eigenvalue weighted by Gasteiger charge is -2.34. The van der Waals surface area contributed by atoms with Crippen molar-refractivity contribution in [1.82, 2.24) is 20.2 Å². The summed E-state index contributed by atoms with van der Waals surface area (Å²) in [7, 11) is 1.44. The van der Waals surface area contributed by atoms with E-state index in [-0.39, 0.29) is 11.4 Å². The van der Waals surface area contributed by atoms with E-state index in [0.29, 0.717) is 12.3 Å². The highest BCUT2D eigenvalue weighted by Crippen LogP contribution is 2.28. The maximum Gasteiger partial charge on any atom is 0.319 e. The second kappa shape index (κ2) is 10.3. The first-order valence-corrected chi connectivity index (χ1v) is 9.68. The molecule has 30 heavy (non-hydrogen) atoms. The number of nitro benzene ring substituents is 1. The summed E-state index contributed by atoms with van der Waals surface area (Å²) in [4.78, 5) is 35.6. The summed E-state index contributed by atoms with van der Waals surface area (Å²) >= 11 is 0. The first kappa shape index (κ1) is 21.2. The zero-order valence-electron chi connectivity index (χ0n) is 16.8. The van der Waals surface area contributed by atoms with Gasteiger partial charge in [0.1, 0.15) is 5.75 Å². The van der Waals surface area contributed by atoms with Crippen LogP contribution in [0, 0.1) is 10.1 Å². The summed E-state index contributed by atoms with van der Waals surface area (Å²) in [5.74, 6) is 1.11. The van der Waals surface area contributed by atoms with Crippen LogP contribution in [0.5, 0.6) is 5.75 Å². The third-order valence-corrected chi connectivity index (χ3v) is 4.79. The second-order valence-corrected chi connectivity index (χ2v) is 6.75. The summed E-state index contributed by atoms with van der Waals surface area (Å²) < 4.78 is 5.14. The number of carbonyl (C=O) groups is 1.